The quantitative estimate of drug-likeness (QED) is 0.151. The minimum Gasteiger partial charge on any atom is -0.508 e. The summed E-state index contributed by atoms with van der Waals surface area (Å²) in [6, 6.07) is 6.92. The van der Waals surface area contributed by atoms with E-state index in [1.54, 1.807) is 0 Å². The summed E-state index contributed by atoms with van der Waals surface area (Å²) in [6.07, 6.45) is -18.5. The number of aromatic hydroxyl groups is 2. The van der Waals surface area contributed by atoms with Crippen molar-refractivity contribution in [2.75, 3.05) is 13.2 Å². The van der Waals surface area contributed by atoms with Crippen LogP contribution in [0.4, 0.5) is 0 Å². The number of ether oxygens (including phenoxy) is 5. The topological polar surface area (TPSA) is 266 Å². The summed E-state index contributed by atoms with van der Waals surface area (Å²) in [4.78, 5) is 13.2. The number of hydrogen-bond donors (Lipinski definition) is 10. The van der Waals surface area contributed by atoms with Crippen LogP contribution in [0.3, 0.4) is 0 Å². The fraction of sp³-hybridized carbons (Fsp3) is 0.519. The van der Waals surface area contributed by atoms with E-state index in [-0.39, 0.29) is 23.5 Å². The van der Waals surface area contributed by atoms with Crippen LogP contribution in [0.25, 0.3) is 0 Å². The minimum atomic E-state index is -1.93. The summed E-state index contributed by atoms with van der Waals surface area (Å²) in [6.45, 7) is -1.57. The Morgan fingerprint density at radius 1 is 0.744 bits per heavy atom. The molecule has 16 heteroatoms. The average molecular weight is 613 g/mol. The summed E-state index contributed by atoms with van der Waals surface area (Å²) in [5.74, 6) is -2.91. The van der Waals surface area contributed by atoms with Gasteiger partial charge in [0, 0.05) is 6.07 Å². The number of Topliss-reactive ketones (excluding diaryl/α,β-unsaturated/α-hetero) is 1. The lowest BCUT2D eigenvalue weighted by Crippen LogP contribution is -2.60. The number of hydrogen-bond acceptors (Lipinski definition) is 16. The third-order valence-electron chi connectivity index (χ3n) is 7.54. The molecule has 3 heterocycles. The molecule has 0 amide bonds. The lowest BCUT2D eigenvalue weighted by molar-refractivity contribution is -0.282. The van der Waals surface area contributed by atoms with Crippen molar-refractivity contribution in [2.45, 2.75) is 73.9 Å². The zero-order valence-electron chi connectivity index (χ0n) is 22.3. The van der Waals surface area contributed by atoms with E-state index in [0.717, 1.165) is 6.07 Å². The highest BCUT2D eigenvalue weighted by atomic mass is 16.7. The molecule has 16 nitrogen and oxygen atoms in total. The molecule has 0 radical (unpaired) electrons. The molecular weight excluding hydrogens is 580 g/mol. The van der Waals surface area contributed by atoms with Crippen molar-refractivity contribution in [3.05, 3.63) is 41.5 Å². The third-order valence-corrected chi connectivity index (χ3v) is 7.54. The number of aliphatic hydroxyl groups excluding tert-OH is 8. The van der Waals surface area contributed by atoms with Gasteiger partial charge in [0.05, 0.1) is 19.6 Å². The van der Waals surface area contributed by atoms with Crippen LogP contribution in [0.15, 0.2) is 30.3 Å². The second-order valence-electron chi connectivity index (χ2n) is 10.4. The first-order chi connectivity index (χ1) is 20.4. The lowest BCUT2D eigenvalue weighted by atomic mass is 9.95. The number of carbonyl (C=O) groups is 1. The summed E-state index contributed by atoms with van der Waals surface area (Å²) >= 11 is 0. The molecule has 236 valence electrons. The molecule has 43 heavy (non-hydrogen) atoms. The Kier molecular flexibility index (Phi) is 8.96. The van der Waals surface area contributed by atoms with E-state index in [0.29, 0.717) is 5.56 Å². The van der Waals surface area contributed by atoms with Crippen molar-refractivity contribution in [3.8, 4) is 28.7 Å². The Balaban J connectivity index is 1.55. The predicted molar refractivity (Wildman–Crippen MR) is 137 cm³/mol. The van der Waals surface area contributed by atoms with E-state index in [1.165, 1.54) is 24.3 Å². The van der Waals surface area contributed by atoms with Gasteiger partial charge in [-0.15, -0.1) is 0 Å². The monoisotopic (exact) mass is 612 g/mol. The molecule has 0 saturated carbocycles. The van der Waals surface area contributed by atoms with Crippen LogP contribution in [0, 0.1) is 0 Å². The average Bonchev–Trinajstić information content (AvgIpc) is 2.99. The highest BCUT2D eigenvalue weighted by Gasteiger charge is 2.48. The van der Waals surface area contributed by atoms with Crippen molar-refractivity contribution >= 4 is 5.78 Å². The van der Waals surface area contributed by atoms with Crippen LogP contribution < -0.4 is 14.2 Å². The normalized spacial score (nSPS) is 36.0. The summed E-state index contributed by atoms with van der Waals surface area (Å²) in [5.41, 5.74) is 0.144. The maximum atomic E-state index is 13.2. The van der Waals surface area contributed by atoms with Crippen molar-refractivity contribution in [3.63, 3.8) is 0 Å². The highest BCUT2D eigenvalue weighted by Crippen LogP contribution is 2.50. The van der Waals surface area contributed by atoms with Gasteiger partial charge in [-0.25, -0.2) is 0 Å². The molecule has 0 spiro atoms. The molecular formula is C27H32O16. The van der Waals surface area contributed by atoms with E-state index in [4.69, 9.17) is 23.7 Å². The van der Waals surface area contributed by atoms with Gasteiger partial charge in [-0.1, -0.05) is 12.1 Å². The molecule has 2 aromatic carbocycles. The zero-order chi connectivity index (χ0) is 31.2. The van der Waals surface area contributed by atoms with Crippen molar-refractivity contribution < 1.29 is 79.5 Å². The number of rotatable bonds is 7. The van der Waals surface area contributed by atoms with Crippen LogP contribution in [0.2, 0.25) is 0 Å². The maximum Gasteiger partial charge on any atom is 0.229 e. The van der Waals surface area contributed by atoms with E-state index < -0.39 is 104 Å². The Hall–Kier alpha value is -3.29. The number of fused-ring (bicyclic) bond motifs is 1. The molecule has 0 aliphatic carbocycles. The van der Waals surface area contributed by atoms with E-state index >= 15 is 0 Å². The van der Waals surface area contributed by atoms with E-state index in [9.17, 15) is 55.9 Å². The smallest absolute Gasteiger partial charge is 0.229 e. The molecule has 5 rings (SSSR count). The van der Waals surface area contributed by atoms with Crippen molar-refractivity contribution in [1.82, 2.24) is 0 Å². The Morgan fingerprint density at radius 2 is 1.28 bits per heavy atom. The first-order valence-electron chi connectivity index (χ1n) is 13.3. The predicted octanol–water partition coefficient (Wildman–Crippen LogP) is -2.84. The highest BCUT2D eigenvalue weighted by molar-refractivity contribution is 6.03. The van der Waals surface area contributed by atoms with Crippen LogP contribution >= 0.6 is 0 Å². The molecule has 0 aromatic heterocycles. The van der Waals surface area contributed by atoms with Gasteiger partial charge >= 0.3 is 0 Å². The second-order valence-corrected chi connectivity index (χ2v) is 10.4. The number of ketones is 1. The molecule has 2 aromatic rings. The Morgan fingerprint density at radius 3 is 1.81 bits per heavy atom. The molecule has 0 bridgehead atoms. The fourth-order valence-corrected chi connectivity index (χ4v) is 5.08. The fourth-order valence-electron chi connectivity index (χ4n) is 5.08. The standard InChI is InChI=1S/C27H32O16/c28-7-15-18(32)21(35)23(37)26(41-15)40-14-6-13-17(11(31)5-12(39-13)9-1-3-10(30)4-2-9)20(34)25(14)43-27-24(38)22(36)19(33)16(8-29)42-27/h1-4,6,12,15-16,18-19,21-24,26-30,32-38H,5,7-8H2/t12?,15-,16-,18-,19-,21+,22+,23-,24-,26-,27-/m1/s1. The number of carbonyl (C=O) groups excluding carboxylic acids is 1. The van der Waals surface area contributed by atoms with Gasteiger partial charge in [-0.3, -0.25) is 4.79 Å². The van der Waals surface area contributed by atoms with Crippen molar-refractivity contribution in [1.29, 1.82) is 0 Å². The number of phenols is 2. The molecule has 1 unspecified atom stereocenters. The Bertz CT molecular complexity index is 1300. The first kappa shape index (κ1) is 31.1. The zero-order valence-corrected chi connectivity index (χ0v) is 22.3. The maximum absolute atomic E-state index is 13.2. The van der Waals surface area contributed by atoms with E-state index in [1.807, 2.05) is 0 Å². The molecule has 2 fully saturated rings. The van der Waals surface area contributed by atoms with E-state index in [2.05, 4.69) is 0 Å². The third kappa shape index (κ3) is 5.82. The minimum absolute atomic E-state index is 0.0193. The Labute approximate surface area is 243 Å². The number of benzene rings is 2. The van der Waals surface area contributed by atoms with Crippen LogP contribution in [0.5, 0.6) is 28.7 Å². The SMILES string of the molecule is O=C1CC(c2ccc(O)cc2)Oc2cc(O[C@@H]3O[C@H](CO)[C@@H](O)[C@H](O)[C@H]3O)c(O[C@H]3O[C@H](CO)[C@@H](O)[C@H](O)[C@H]3O)c(O)c21. The molecule has 2 saturated heterocycles. The second kappa shape index (κ2) is 12.4. The molecule has 10 N–H and O–H groups in total. The van der Waals surface area contributed by atoms with Gasteiger partial charge in [0.25, 0.3) is 0 Å². The summed E-state index contributed by atoms with van der Waals surface area (Å²) in [5, 5.41) is 102. The molecule has 3 aliphatic heterocycles. The van der Waals surface area contributed by atoms with Crippen molar-refractivity contribution in [2.24, 2.45) is 0 Å². The van der Waals surface area contributed by atoms with Gasteiger partial charge in [-0.05, 0) is 17.7 Å². The number of aliphatic hydroxyl groups is 8. The van der Waals surface area contributed by atoms with Crippen LogP contribution in [0.1, 0.15) is 28.4 Å². The molecule has 11 atom stereocenters. The van der Waals surface area contributed by atoms with Gasteiger partial charge < -0.3 is 74.7 Å². The van der Waals surface area contributed by atoms with Gasteiger partial charge in [0.15, 0.2) is 17.3 Å². The lowest BCUT2D eigenvalue weighted by Gasteiger charge is -2.41. The number of phenolic OH excluding ortho intramolecular Hbond substituents is 2. The van der Waals surface area contributed by atoms with Gasteiger partial charge in [-0.2, -0.15) is 0 Å². The van der Waals surface area contributed by atoms with Crippen LogP contribution in [-0.2, 0) is 9.47 Å². The molecule has 3 aliphatic rings. The summed E-state index contributed by atoms with van der Waals surface area (Å²) in [7, 11) is 0. The largest absolute Gasteiger partial charge is 0.508 e. The van der Waals surface area contributed by atoms with Gasteiger partial charge in [0.2, 0.25) is 18.3 Å². The first-order valence-corrected chi connectivity index (χ1v) is 13.3. The van der Waals surface area contributed by atoms with Crippen LogP contribution in [-0.4, -0.2) is 131 Å². The summed E-state index contributed by atoms with van der Waals surface area (Å²) < 4.78 is 28.0. The van der Waals surface area contributed by atoms with Gasteiger partial charge in [0.1, 0.15) is 72.0 Å².